The van der Waals surface area contributed by atoms with Crippen LogP contribution in [0.2, 0.25) is 0 Å². The maximum absolute atomic E-state index is 12.9. The number of carbonyl (C=O) groups excluding carboxylic acids is 1. The van der Waals surface area contributed by atoms with Gasteiger partial charge in [-0.15, -0.1) is 11.3 Å². The summed E-state index contributed by atoms with van der Waals surface area (Å²) in [6, 6.07) is 11.6. The molecule has 0 bridgehead atoms. The fraction of sp³-hybridized carbons (Fsp3) is 0.389. The summed E-state index contributed by atoms with van der Waals surface area (Å²) in [7, 11) is 1.60. The quantitative estimate of drug-likeness (QED) is 0.891. The molecule has 2 heterocycles. The molecule has 0 atom stereocenters. The van der Waals surface area contributed by atoms with Gasteiger partial charge in [-0.3, -0.25) is 0 Å². The van der Waals surface area contributed by atoms with E-state index in [4.69, 9.17) is 9.47 Å². The van der Waals surface area contributed by atoms with Crippen LogP contribution in [0.1, 0.15) is 17.7 Å². The zero-order valence-corrected chi connectivity index (χ0v) is 14.6. The van der Waals surface area contributed by atoms with Crippen molar-refractivity contribution in [2.24, 2.45) is 0 Å². The van der Waals surface area contributed by atoms with Crippen LogP contribution in [0.4, 0.5) is 10.5 Å². The Morgan fingerprint density at radius 2 is 2.08 bits per heavy atom. The third-order valence-electron chi connectivity index (χ3n) is 4.15. The van der Waals surface area contributed by atoms with E-state index in [2.05, 4.69) is 11.4 Å². The van der Waals surface area contributed by atoms with E-state index in [-0.39, 0.29) is 12.1 Å². The number of urea groups is 1. The summed E-state index contributed by atoms with van der Waals surface area (Å²) in [5.41, 5.74) is 0.688. The average Bonchev–Trinajstić information content (AvgIpc) is 3.14. The topological polar surface area (TPSA) is 50.8 Å². The maximum atomic E-state index is 12.9. The lowest BCUT2D eigenvalue weighted by atomic mass is 10.1. The Kier molecular flexibility index (Phi) is 5.72. The molecule has 1 N–H and O–H groups in total. The predicted octanol–water partition coefficient (Wildman–Crippen LogP) is 3.97. The Balaban J connectivity index is 1.77. The summed E-state index contributed by atoms with van der Waals surface area (Å²) in [5, 5.41) is 5.03. The van der Waals surface area contributed by atoms with Crippen LogP contribution in [0.5, 0.6) is 5.75 Å². The number of hydrogen-bond acceptors (Lipinski definition) is 4. The second kappa shape index (κ2) is 8.17. The highest BCUT2D eigenvalue weighted by atomic mass is 32.1. The van der Waals surface area contributed by atoms with Crippen LogP contribution in [-0.4, -0.2) is 37.3 Å². The minimum Gasteiger partial charge on any atom is -0.495 e. The maximum Gasteiger partial charge on any atom is 0.322 e. The van der Waals surface area contributed by atoms with E-state index in [0.29, 0.717) is 31.2 Å². The van der Waals surface area contributed by atoms with E-state index in [1.54, 1.807) is 18.4 Å². The summed E-state index contributed by atoms with van der Waals surface area (Å²) < 4.78 is 10.8. The summed E-state index contributed by atoms with van der Waals surface area (Å²) in [6.07, 6.45) is 1.73. The largest absolute Gasteiger partial charge is 0.495 e. The van der Waals surface area contributed by atoms with E-state index < -0.39 is 0 Å². The van der Waals surface area contributed by atoms with Gasteiger partial charge >= 0.3 is 6.03 Å². The molecular formula is C18H22N2O3S. The zero-order valence-electron chi connectivity index (χ0n) is 13.7. The van der Waals surface area contributed by atoms with Gasteiger partial charge in [-0.05, 0) is 36.4 Å². The van der Waals surface area contributed by atoms with Gasteiger partial charge in [0, 0.05) is 24.1 Å². The molecule has 1 aromatic heterocycles. The third-order valence-corrected chi connectivity index (χ3v) is 5.01. The molecule has 0 aliphatic carbocycles. The first-order valence-corrected chi connectivity index (χ1v) is 8.96. The number of rotatable bonds is 5. The standard InChI is InChI=1S/C18H22N2O3S/c1-22-17-7-3-2-6-16(17)19-18(21)20(13-15-5-4-12-24-15)14-8-10-23-11-9-14/h2-7,12,14H,8-11,13H2,1H3,(H,19,21). The molecule has 0 radical (unpaired) electrons. The van der Waals surface area contributed by atoms with Gasteiger partial charge in [0.2, 0.25) is 0 Å². The number of nitrogens with one attached hydrogen (secondary N) is 1. The molecule has 6 heteroatoms. The fourth-order valence-corrected chi connectivity index (χ4v) is 3.57. The van der Waals surface area contributed by atoms with Crippen molar-refractivity contribution in [3.8, 4) is 5.75 Å². The third kappa shape index (κ3) is 4.07. The monoisotopic (exact) mass is 346 g/mol. The Morgan fingerprint density at radius 1 is 1.29 bits per heavy atom. The number of amides is 2. The van der Waals surface area contributed by atoms with Crippen molar-refractivity contribution in [3.63, 3.8) is 0 Å². The first-order valence-electron chi connectivity index (χ1n) is 8.08. The lowest BCUT2D eigenvalue weighted by molar-refractivity contribution is 0.0462. The molecule has 2 amide bonds. The van der Waals surface area contributed by atoms with Crippen molar-refractivity contribution in [1.29, 1.82) is 0 Å². The molecule has 1 fully saturated rings. The van der Waals surface area contributed by atoms with Crippen LogP contribution in [0.3, 0.4) is 0 Å². The summed E-state index contributed by atoms with van der Waals surface area (Å²) in [5.74, 6) is 0.661. The van der Waals surface area contributed by atoms with Crippen molar-refractivity contribution in [2.45, 2.75) is 25.4 Å². The average molecular weight is 346 g/mol. The number of anilines is 1. The molecule has 1 aliphatic rings. The molecule has 1 saturated heterocycles. The lowest BCUT2D eigenvalue weighted by Crippen LogP contribution is -2.44. The Labute approximate surface area is 146 Å². The first-order chi connectivity index (χ1) is 11.8. The molecule has 3 rings (SSSR count). The fourth-order valence-electron chi connectivity index (χ4n) is 2.87. The Morgan fingerprint density at radius 3 is 2.79 bits per heavy atom. The van der Waals surface area contributed by atoms with Crippen molar-refractivity contribution in [3.05, 3.63) is 46.7 Å². The van der Waals surface area contributed by atoms with Crippen LogP contribution in [0.15, 0.2) is 41.8 Å². The summed E-state index contributed by atoms with van der Waals surface area (Å²) in [6.45, 7) is 2.02. The molecular weight excluding hydrogens is 324 g/mol. The Hall–Kier alpha value is -2.05. The molecule has 0 saturated carbocycles. The van der Waals surface area contributed by atoms with Gasteiger partial charge in [0.1, 0.15) is 5.75 Å². The molecule has 24 heavy (non-hydrogen) atoms. The number of para-hydroxylation sites is 2. The highest BCUT2D eigenvalue weighted by Crippen LogP contribution is 2.25. The van der Waals surface area contributed by atoms with Gasteiger partial charge in [0.15, 0.2) is 0 Å². The molecule has 0 spiro atoms. The first kappa shape index (κ1) is 16.8. The SMILES string of the molecule is COc1ccccc1NC(=O)N(Cc1cccs1)C1CCOCC1. The van der Waals surface area contributed by atoms with Crippen molar-refractivity contribution in [2.75, 3.05) is 25.6 Å². The van der Waals surface area contributed by atoms with Crippen LogP contribution >= 0.6 is 11.3 Å². The molecule has 1 aliphatic heterocycles. The second-order valence-corrected chi connectivity index (χ2v) is 6.71. The summed E-state index contributed by atoms with van der Waals surface area (Å²) in [4.78, 5) is 16.0. The van der Waals surface area contributed by atoms with Crippen LogP contribution in [0, 0.1) is 0 Å². The number of nitrogens with zero attached hydrogens (tertiary/aromatic N) is 1. The van der Waals surface area contributed by atoms with Gasteiger partial charge in [-0.2, -0.15) is 0 Å². The van der Waals surface area contributed by atoms with E-state index in [1.165, 1.54) is 4.88 Å². The number of carbonyl (C=O) groups is 1. The molecule has 2 aromatic rings. The van der Waals surface area contributed by atoms with Gasteiger partial charge in [-0.25, -0.2) is 4.79 Å². The van der Waals surface area contributed by atoms with E-state index >= 15 is 0 Å². The van der Waals surface area contributed by atoms with Gasteiger partial charge < -0.3 is 19.7 Å². The number of methoxy groups -OCH3 is 1. The zero-order chi connectivity index (χ0) is 16.8. The normalized spacial score (nSPS) is 15.0. The smallest absolute Gasteiger partial charge is 0.322 e. The number of thiophene rings is 1. The number of hydrogen-bond donors (Lipinski definition) is 1. The number of benzene rings is 1. The second-order valence-electron chi connectivity index (χ2n) is 5.68. The van der Waals surface area contributed by atoms with Crippen molar-refractivity contribution in [1.82, 2.24) is 4.90 Å². The van der Waals surface area contributed by atoms with Gasteiger partial charge in [0.05, 0.1) is 19.3 Å². The molecule has 128 valence electrons. The summed E-state index contributed by atoms with van der Waals surface area (Å²) >= 11 is 1.67. The van der Waals surface area contributed by atoms with Crippen LogP contribution in [0.25, 0.3) is 0 Å². The Bertz CT molecular complexity index is 654. The van der Waals surface area contributed by atoms with E-state index in [1.807, 2.05) is 40.6 Å². The highest BCUT2D eigenvalue weighted by Gasteiger charge is 2.26. The van der Waals surface area contributed by atoms with Gasteiger partial charge in [-0.1, -0.05) is 18.2 Å². The number of ether oxygens (including phenoxy) is 2. The molecule has 0 unspecified atom stereocenters. The minimum atomic E-state index is -0.0974. The lowest BCUT2D eigenvalue weighted by Gasteiger charge is -2.34. The van der Waals surface area contributed by atoms with Crippen molar-refractivity contribution < 1.29 is 14.3 Å². The molecule has 1 aromatic carbocycles. The van der Waals surface area contributed by atoms with Crippen LogP contribution < -0.4 is 10.1 Å². The molecule has 5 nitrogen and oxygen atoms in total. The highest BCUT2D eigenvalue weighted by molar-refractivity contribution is 7.09. The van der Waals surface area contributed by atoms with Crippen LogP contribution in [-0.2, 0) is 11.3 Å². The van der Waals surface area contributed by atoms with Gasteiger partial charge in [0.25, 0.3) is 0 Å². The van der Waals surface area contributed by atoms with E-state index in [0.717, 1.165) is 12.8 Å². The van der Waals surface area contributed by atoms with Crippen molar-refractivity contribution >= 4 is 23.1 Å². The van der Waals surface area contributed by atoms with E-state index in [9.17, 15) is 4.79 Å². The minimum absolute atomic E-state index is 0.0974. The predicted molar refractivity (Wildman–Crippen MR) is 95.7 cm³/mol.